The number of rotatable bonds is 3. The van der Waals surface area contributed by atoms with E-state index in [1.807, 2.05) is 0 Å². The van der Waals surface area contributed by atoms with Crippen molar-refractivity contribution < 1.29 is 4.79 Å². The van der Waals surface area contributed by atoms with Gasteiger partial charge in [-0.1, -0.05) is 11.6 Å². The molecule has 0 bridgehead atoms. The van der Waals surface area contributed by atoms with Crippen LogP contribution in [0.15, 0.2) is 30.9 Å². The lowest BCUT2D eigenvalue weighted by Crippen LogP contribution is -2.24. The maximum absolute atomic E-state index is 11.9. The number of nitrogens with one attached hydrogen (secondary N) is 1. The van der Waals surface area contributed by atoms with Crippen molar-refractivity contribution in [2.75, 3.05) is 11.1 Å². The number of carbonyl (C=O) groups is 1. The maximum Gasteiger partial charge on any atom is 0.249 e. The molecule has 2 aromatic rings. The third-order valence-electron chi connectivity index (χ3n) is 2.48. The largest absolute Gasteiger partial charge is 0.397 e. The molecule has 0 aliphatic heterocycles. The second-order valence-electron chi connectivity index (χ2n) is 3.78. The highest BCUT2D eigenvalue weighted by atomic mass is 35.5. The first kappa shape index (κ1) is 12.4. The molecular weight excluding hydrogens is 254 g/mol. The van der Waals surface area contributed by atoms with Crippen molar-refractivity contribution in [3.63, 3.8) is 0 Å². The third-order valence-corrected chi connectivity index (χ3v) is 2.82. The molecule has 0 saturated heterocycles. The Bertz CT molecular complexity index is 555. The zero-order chi connectivity index (χ0) is 13.1. The number of amides is 1. The fourth-order valence-corrected chi connectivity index (χ4v) is 1.52. The van der Waals surface area contributed by atoms with Gasteiger partial charge in [0.15, 0.2) is 0 Å². The predicted octanol–water partition coefficient (Wildman–Crippen LogP) is 1.71. The minimum Gasteiger partial charge on any atom is -0.397 e. The zero-order valence-corrected chi connectivity index (χ0v) is 10.4. The van der Waals surface area contributed by atoms with Crippen LogP contribution >= 0.6 is 11.6 Å². The fourth-order valence-electron chi connectivity index (χ4n) is 1.41. The van der Waals surface area contributed by atoms with Crippen molar-refractivity contribution in [2.24, 2.45) is 0 Å². The Kier molecular flexibility index (Phi) is 3.47. The lowest BCUT2D eigenvalue weighted by Gasteiger charge is -2.12. The lowest BCUT2D eigenvalue weighted by molar-refractivity contribution is -0.119. The van der Waals surface area contributed by atoms with Crippen LogP contribution in [-0.2, 0) is 4.79 Å². The van der Waals surface area contributed by atoms with Crippen molar-refractivity contribution in [3.8, 4) is 0 Å². The van der Waals surface area contributed by atoms with Crippen molar-refractivity contribution in [1.29, 1.82) is 0 Å². The van der Waals surface area contributed by atoms with E-state index in [0.717, 1.165) is 0 Å². The number of hydrogen-bond donors (Lipinski definition) is 2. The van der Waals surface area contributed by atoms with Gasteiger partial charge in [0.1, 0.15) is 18.7 Å². The van der Waals surface area contributed by atoms with Gasteiger partial charge in [0.2, 0.25) is 5.91 Å². The molecule has 2 rings (SSSR count). The molecule has 0 saturated carbocycles. The summed E-state index contributed by atoms with van der Waals surface area (Å²) in [5, 5.41) is 7.10. The first-order valence-electron chi connectivity index (χ1n) is 5.28. The molecule has 0 spiro atoms. The molecule has 1 unspecified atom stereocenters. The molecule has 1 heterocycles. The first-order chi connectivity index (χ1) is 8.58. The smallest absolute Gasteiger partial charge is 0.249 e. The molecule has 1 aromatic carbocycles. The summed E-state index contributed by atoms with van der Waals surface area (Å²) in [4.78, 5) is 15.7. The minimum absolute atomic E-state index is 0.206. The van der Waals surface area contributed by atoms with E-state index < -0.39 is 6.04 Å². The van der Waals surface area contributed by atoms with E-state index >= 15 is 0 Å². The summed E-state index contributed by atoms with van der Waals surface area (Å²) in [5.74, 6) is -0.206. The van der Waals surface area contributed by atoms with Crippen LogP contribution in [0.25, 0.3) is 0 Å². The van der Waals surface area contributed by atoms with Crippen LogP contribution in [0, 0.1) is 0 Å². The SMILES string of the molecule is CC(C(=O)Nc1ccc(Cl)c(N)c1)n1cncn1. The molecule has 1 aromatic heterocycles. The van der Waals surface area contributed by atoms with Gasteiger partial charge in [0, 0.05) is 5.69 Å². The number of hydrogen-bond acceptors (Lipinski definition) is 4. The Balaban J connectivity index is 2.09. The molecule has 0 aliphatic rings. The summed E-state index contributed by atoms with van der Waals surface area (Å²) < 4.78 is 1.47. The van der Waals surface area contributed by atoms with E-state index in [0.29, 0.717) is 16.4 Å². The molecular formula is C11H12ClN5O. The Labute approximate surface area is 109 Å². The average Bonchev–Trinajstić information content (AvgIpc) is 2.86. The molecule has 18 heavy (non-hydrogen) atoms. The molecule has 6 nitrogen and oxygen atoms in total. The van der Waals surface area contributed by atoms with Crippen molar-refractivity contribution in [2.45, 2.75) is 13.0 Å². The van der Waals surface area contributed by atoms with E-state index in [1.54, 1.807) is 25.1 Å². The Morgan fingerprint density at radius 3 is 2.94 bits per heavy atom. The summed E-state index contributed by atoms with van der Waals surface area (Å²) >= 11 is 5.80. The van der Waals surface area contributed by atoms with E-state index in [9.17, 15) is 4.79 Å². The van der Waals surface area contributed by atoms with Crippen LogP contribution in [0.2, 0.25) is 5.02 Å². The summed E-state index contributed by atoms with van der Waals surface area (Å²) in [7, 11) is 0. The number of nitrogens with zero attached hydrogens (tertiary/aromatic N) is 3. The predicted molar refractivity (Wildman–Crippen MR) is 69.2 cm³/mol. The number of halogens is 1. The highest BCUT2D eigenvalue weighted by molar-refractivity contribution is 6.33. The number of nitrogen functional groups attached to an aromatic ring is 1. The van der Waals surface area contributed by atoms with Gasteiger partial charge in [-0.25, -0.2) is 9.67 Å². The van der Waals surface area contributed by atoms with Gasteiger partial charge in [0.05, 0.1) is 10.7 Å². The van der Waals surface area contributed by atoms with E-state index in [4.69, 9.17) is 17.3 Å². The number of nitrogens with two attached hydrogens (primary N) is 1. The highest BCUT2D eigenvalue weighted by Crippen LogP contribution is 2.22. The van der Waals surface area contributed by atoms with Crippen LogP contribution in [0.1, 0.15) is 13.0 Å². The Hall–Kier alpha value is -2.08. The van der Waals surface area contributed by atoms with Gasteiger partial charge in [-0.15, -0.1) is 0 Å². The molecule has 1 amide bonds. The summed E-state index contributed by atoms with van der Waals surface area (Å²) in [5.41, 5.74) is 6.67. The second-order valence-corrected chi connectivity index (χ2v) is 4.18. The standard InChI is InChI=1S/C11H12ClN5O/c1-7(17-6-14-5-15-17)11(18)16-8-2-3-9(12)10(13)4-8/h2-7H,13H2,1H3,(H,16,18). The summed E-state index contributed by atoms with van der Waals surface area (Å²) in [6.07, 6.45) is 2.87. The highest BCUT2D eigenvalue weighted by Gasteiger charge is 2.15. The topological polar surface area (TPSA) is 85.8 Å². The van der Waals surface area contributed by atoms with E-state index in [-0.39, 0.29) is 5.91 Å². The minimum atomic E-state index is -0.454. The van der Waals surface area contributed by atoms with Crippen molar-refractivity contribution >= 4 is 28.9 Å². The third kappa shape index (κ3) is 2.60. The van der Waals surface area contributed by atoms with Gasteiger partial charge < -0.3 is 11.1 Å². The summed E-state index contributed by atoms with van der Waals surface area (Å²) in [6, 6.07) is 4.47. The quantitative estimate of drug-likeness (QED) is 0.828. The molecule has 94 valence electrons. The molecule has 0 radical (unpaired) electrons. The molecule has 7 heteroatoms. The normalized spacial score (nSPS) is 12.1. The van der Waals surface area contributed by atoms with Gasteiger partial charge >= 0.3 is 0 Å². The second kappa shape index (κ2) is 5.05. The molecule has 0 aliphatic carbocycles. The number of carbonyl (C=O) groups excluding carboxylic acids is 1. The van der Waals surface area contributed by atoms with E-state index in [1.165, 1.54) is 17.3 Å². The molecule has 1 atom stereocenters. The van der Waals surface area contributed by atoms with Crippen molar-refractivity contribution in [1.82, 2.24) is 14.8 Å². The van der Waals surface area contributed by atoms with Crippen LogP contribution in [-0.4, -0.2) is 20.7 Å². The zero-order valence-electron chi connectivity index (χ0n) is 9.67. The van der Waals surface area contributed by atoms with Crippen molar-refractivity contribution in [3.05, 3.63) is 35.9 Å². The molecule has 0 fully saturated rings. The van der Waals surface area contributed by atoms with Gasteiger partial charge in [-0.2, -0.15) is 5.10 Å². The maximum atomic E-state index is 11.9. The van der Waals surface area contributed by atoms with Crippen LogP contribution in [0.4, 0.5) is 11.4 Å². The first-order valence-corrected chi connectivity index (χ1v) is 5.65. The number of aromatic nitrogens is 3. The average molecular weight is 266 g/mol. The number of benzene rings is 1. The van der Waals surface area contributed by atoms with Crippen LogP contribution < -0.4 is 11.1 Å². The number of anilines is 2. The van der Waals surface area contributed by atoms with Gasteiger partial charge in [0.25, 0.3) is 0 Å². The van der Waals surface area contributed by atoms with Crippen LogP contribution in [0.5, 0.6) is 0 Å². The van der Waals surface area contributed by atoms with Crippen LogP contribution in [0.3, 0.4) is 0 Å². The van der Waals surface area contributed by atoms with E-state index in [2.05, 4.69) is 15.4 Å². The van der Waals surface area contributed by atoms with Gasteiger partial charge in [-0.3, -0.25) is 4.79 Å². The Morgan fingerprint density at radius 2 is 2.33 bits per heavy atom. The molecule has 3 N–H and O–H groups in total. The summed E-state index contributed by atoms with van der Waals surface area (Å²) in [6.45, 7) is 1.73. The Morgan fingerprint density at radius 1 is 1.56 bits per heavy atom. The van der Waals surface area contributed by atoms with Gasteiger partial charge in [-0.05, 0) is 25.1 Å². The fraction of sp³-hybridized carbons (Fsp3) is 0.182. The lowest BCUT2D eigenvalue weighted by atomic mass is 10.2. The monoisotopic (exact) mass is 265 g/mol.